The van der Waals surface area contributed by atoms with E-state index in [0.29, 0.717) is 0 Å². The minimum absolute atomic E-state index is 0.117. The summed E-state index contributed by atoms with van der Waals surface area (Å²) in [4.78, 5) is 22.3. The van der Waals surface area contributed by atoms with Crippen LogP contribution in [0.4, 0.5) is 0 Å². The largest absolute Gasteiger partial charge is 0.310 e. The van der Waals surface area contributed by atoms with Gasteiger partial charge in [-0.05, 0) is 43.9 Å². The molecule has 0 aromatic carbocycles. The predicted molar refractivity (Wildman–Crippen MR) is 73.0 cm³/mol. The van der Waals surface area contributed by atoms with Crippen molar-refractivity contribution in [2.75, 3.05) is 13.1 Å². The first-order valence-electron chi connectivity index (χ1n) is 7.61. The van der Waals surface area contributed by atoms with Crippen LogP contribution >= 0.6 is 0 Å². The predicted octanol–water partition coefficient (Wildman–Crippen LogP) is 1.49. The molecule has 4 nitrogen and oxygen atoms in total. The second kappa shape index (κ2) is 4.44. The minimum Gasteiger partial charge on any atom is -0.310 e. The second-order valence-corrected chi connectivity index (χ2v) is 6.51. The molecule has 2 aliphatic carbocycles. The van der Waals surface area contributed by atoms with Gasteiger partial charge >= 0.3 is 0 Å². The third-order valence-corrected chi connectivity index (χ3v) is 4.59. The number of hydrogen-bond acceptors (Lipinski definition) is 3. The van der Waals surface area contributed by atoms with Crippen LogP contribution in [0.5, 0.6) is 0 Å². The van der Waals surface area contributed by atoms with Gasteiger partial charge in [-0.3, -0.25) is 9.69 Å². The molecule has 0 saturated heterocycles. The van der Waals surface area contributed by atoms with Crippen molar-refractivity contribution in [1.29, 1.82) is 0 Å². The summed E-state index contributed by atoms with van der Waals surface area (Å²) in [6.07, 6.45) is 7.21. The van der Waals surface area contributed by atoms with Gasteiger partial charge in [-0.1, -0.05) is 0 Å². The summed E-state index contributed by atoms with van der Waals surface area (Å²) < 4.78 is 0. The van der Waals surface area contributed by atoms with Gasteiger partial charge in [-0.25, -0.2) is 4.98 Å². The van der Waals surface area contributed by atoms with Crippen LogP contribution < -0.4 is 5.56 Å². The van der Waals surface area contributed by atoms with Crippen LogP contribution in [-0.2, 0) is 19.4 Å². The maximum atomic E-state index is 12.1. The average molecular weight is 259 g/mol. The molecule has 4 heteroatoms. The van der Waals surface area contributed by atoms with Gasteiger partial charge in [0.1, 0.15) is 5.82 Å². The van der Waals surface area contributed by atoms with Crippen LogP contribution in [0.15, 0.2) is 4.79 Å². The van der Waals surface area contributed by atoms with Gasteiger partial charge in [0.05, 0.1) is 5.69 Å². The van der Waals surface area contributed by atoms with Crippen LogP contribution in [-0.4, -0.2) is 28.0 Å². The van der Waals surface area contributed by atoms with Crippen LogP contribution in [0.1, 0.15) is 42.8 Å². The SMILES string of the molecule is O=c1[nH]c(CC2CC2)nc2c1CCN(CC1CC1)C2. The molecule has 0 amide bonds. The Labute approximate surface area is 113 Å². The van der Waals surface area contributed by atoms with Gasteiger partial charge < -0.3 is 4.98 Å². The molecule has 2 heterocycles. The van der Waals surface area contributed by atoms with Gasteiger partial charge in [0.2, 0.25) is 0 Å². The molecule has 1 N–H and O–H groups in total. The normalized spacial score (nSPS) is 23.4. The number of fused-ring (bicyclic) bond motifs is 1. The highest BCUT2D eigenvalue weighted by Crippen LogP contribution is 2.32. The van der Waals surface area contributed by atoms with Crippen LogP contribution in [0.25, 0.3) is 0 Å². The van der Waals surface area contributed by atoms with E-state index in [0.717, 1.165) is 54.8 Å². The molecule has 1 aliphatic heterocycles. The molecule has 1 aromatic heterocycles. The van der Waals surface area contributed by atoms with Gasteiger partial charge in [-0.15, -0.1) is 0 Å². The molecule has 19 heavy (non-hydrogen) atoms. The van der Waals surface area contributed by atoms with E-state index in [4.69, 9.17) is 4.98 Å². The summed E-state index contributed by atoms with van der Waals surface area (Å²) >= 11 is 0. The summed E-state index contributed by atoms with van der Waals surface area (Å²) in [5, 5.41) is 0. The zero-order valence-corrected chi connectivity index (χ0v) is 11.3. The third-order valence-electron chi connectivity index (χ3n) is 4.59. The van der Waals surface area contributed by atoms with Crippen LogP contribution in [0, 0.1) is 11.8 Å². The Hall–Kier alpha value is -1.16. The van der Waals surface area contributed by atoms with E-state index in [2.05, 4.69) is 9.88 Å². The second-order valence-electron chi connectivity index (χ2n) is 6.51. The number of H-pyrrole nitrogens is 1. The Morgan fingerprint density at radius 1 is 1.21 bits per heavy atom. The van der Waals surface area contributed by atoms with Crippen molar-refractivity contribution in [2.45, 2.75) is 45.1 Å². The molecule has 0 bridgehead atoms. The van der Waals surface area contributed by atoms with E-state index in [1.165, 1.54) is 32.2 Å². The summed E-state index contributed by atoms with van der Waals surface area (Å²) in [6, 6.07) is 0. The van der Waals surface area contributed by atoms with Crippen molar-refractivity contribution in [3.8, 4) is 0 Å². The lowest BCUT2D eigenvalue weighted by atomic mass is 10.1. The van der Waals surface area contributed by atoms with E-state index >= 15 is 0 Å². The van der Waals surface area contributed by atoms with Crippen molar-refractivity contribution in [3.05, 3.63) is 27.4 Å². The number of aromatic nitrogens is 2. The van der Waals surface area contributed by atoms with Crippen molar-refractivity contribution in [3.63, 3.8) is 0 Å². The Kier molecular flexibility index (Phi) is 2.72. The Morgan fingerprint density at radius 2 is 2.00 bits per heavy atom. The maximum absolute atomic E-state index is 12.1. The zero-order chi connectivity index (χ0) is 12.8. The highest BCUT2D eigenvalue weighted by atomic mass is 16.1. The summed E-state index contributed by atoms with van der Waals surface area (Å²) in [5.41, 5.74) is 2.10. The number of nitrogens with one attached hydrogen (secondary N) is 1. The lowest BCUT2D eigenvalue weighted by Gasteiger charge is -2.27. The highest BCUT2D eigenvalue weighted by molar-refractivity contribution is 5.21. The Balaban J connectivity index is 1.56. The van der Waals surface area contributed by atoms with Crippen LogP contribution in [0.2, 0.25) is 0 Å². The van der Waals surface area contributed by atoms with E-state index in [1.807, 2.05) is 0 Å². The van der Waals surface area contributed by atoms with Gasteiger partial charge in [-0.2, -0.15) is 0 Å². The first-order chi connectivity index (χ1) is 9.28. The average Bonchev–Trinajstić information content (AvgIpc) is 3.25. The maximum Gasteiger partial charge on any atom is 0.254 e. The summed E-state index contributed by atoms with van der Waals surface area (Å²) in [6.45, 7) is 3.11. The lowest BCUT2D eigenvalue weighted by molar-refractivity contribution is 0.238. The monoisotopic (exact) mass is 259 g/mol. The molecule has 0 radical (unpaired) electrons. The van der Waals surface area contributed by atoms with Gasteiger partial charge in [0.15, 0.2) is 0 Å². The number of hydrogen-bond donors (Lipinski definition) is 1. The standard InChI is InChI=1S/C15H21N3O/c19-15-12-5-6-18(8-11-3-4-11)9-13(12)16-14(17-15)7-10-1-2-10/h10-11H,1-9H2,(H,16,17,19). The van der Waals surface area contributed by atoms with E-state index in [-0.39, 0.29) is 5.56 Å². The first kappa shape index (κ1) is 11.6. The molecule has 4 rings (SSSR count). The van der Waals surface area contributed by atoms with Crippen molar-refractivity contribution < 1.29 is 0 Å². The summed E-state index contributed by atoms with van der Waals surface area (Å²) in [7, 11) is 0. The topological polar surface area (TPSA) is 49.0 Å². The molecular formula is C15H21N3O. The molecule has 2 fully saturated rings. The van der Waals surface area contributed by atoms with E-state index < -0.39 is 0 Å². The van der Waals surface area contributed by atoms with Crippen molar-refractivity contribution in [2.24, 2.45) is 11.8 Å². The van der Waals surface area contributed by atoms with E-state index in [1.54, 1.807) is 0 Å². The molecule has 0 unspecified atom stereocenters. The quantitative estimate of drug-likeness (QED) is 0.891. The number of nitrogens with zero attached hydrogens (tertiary/aromatic N) is 2. The Morgan fingerprint density at radius 3 is 2.74 bits per heavy atom. The molecule has 1 aromatic rings. The lowest BCUT2D eigenvalue weighted by Crippen LogP contribution is -2.36. The Bertz CT molecular complexity index is 543. The fourth-order valence-corrected chi connectivity index (χ4v) is 3.06. The van der Waals surface area contributed by atoms with Gasteiger partial charge in [0.25, 0.3) is 5.56 Å². The molecule has 3 aliphatic rings. The fourth-order valence-electron chi connectivity index (χ4n) is 3.06. The minimum atomic E-state index is 0.117. The summed E-state index contributed by atoms with van der Waals surface area (Å²) in [5.74, 6) is 2.60. The van der Waals surface area contributed by atoms with Crippen molar-refractivity contribution >= 4 is 0 Å². The smallest absolute Gasteiger partial charge is 0.254 e. The van der Waals surface area contributed by atoms with Crippen LogP contribution in [0.3, 0.4) is 0 Å². The molecule has 2 saturated carbocycles. The van der Waals surface area contributed by atoms with Crippen molar-refractivity contribution in [1.82, 2.24) is 14.9 Å². The number of rotatable bonds is 4. The van der Waals surface area contributed by atoms with E-state index in [9.17, 15) is 4.79 Å². The zero-order valence-electron chi connectivity index (χ0n) is 11.3. The number of aromatic amines is 1. The molecular weight excluding hydrogens is 238 g/mol. The first-order valence-corrected chi connectivity index (χ1v) is 7.61. The fraction of sp³-hybridized carbons (Fsp3) is 0.733. The molecule has 0 atom stereocenters. The third kappa shape index (κ3) is 2.59. The van der Waals surface area contributed by atoms with Gasteiger partial charge in [0, 0.05) is 31.6 Å². The molecule has 102 valence electrons. The highest BCUT2D eigenvalue weighted by Gasteiger charge is 2.28. The molecule has 0 spiro atoms.